The molecule has 0 amide bonds. The summed E-state index contributed by atoms with van der Waals surface area (Å²) in [5, 5.41) is 5.78. The van der Waals surface area contributed by atoms with Gasteiger partial charge in [-0.15, -0.1) is 11.3 Å². The van der Waals surface area contributed by atoms with E-state index in [1.807, 2.05) is 11.3 Å². The average Bonchev–Trinajstić information content (AvgIpc) is 2.70. The zero-order chi connectivity index (χ0) is 12.8. The van der Waals surface area contributed by atoms with Crippen molar-refractivity contribution in [3.8, 4) is 0 Å². The summed E-state index contributed by atoms with van der Waals surface area (Å²) in [6.07, 6.45) is 1.21. The molecule has 17 heavy (non-hydrogen) atoms. The maximum atomic E-state index is 3.60. The smallest absolute Gasteiger partial charge is 0.0388 e. The van der Waals surface area contributed by atoms with Crippen molar-refractivity contribution in [2.45, 2.75) is 46.2 Å². The Morgan fingerprint density at radius 1 is 1.35 bits per heavy atom. The van der Waals surface area contributed by atoms with Crippen molar-refractivity contribution in [3.63, 3.8) is 0 Å². The first kappa shape index (κ1) is 14.7. The Hall–Kier alpha value is -0.380. The van der Waals surface area contributed by atoms with Crippen molar-refractivity contribution in [2.75, 3.05) is 20.1 Å². The molecule has 0 aliphatic rings. The molecule has 1 aromatic rings. The van der Waals surface area contributed by atoms with Crippen molar-refractivity contribution < 1.29 is 0 Å². The van der Waals surface area contributed by atoms with Crippen LogP contribution in [0.25, 0.3) is 0 Å². The molecule has 0 aliphatic carbocycles. The Morgan fingerprint density at radius 2 is 2.06 bits per heavy atom. The molecule has 0 radical (unpaired) electrons. The fraction of sp³-hybridized carbons (Fsp3) is 0.714. The van der Waals surface area contributed by atoms with Gasteiger partial charge in [0.1, 0.15) is 0 Å². The van der Waals surface area contributed by atoms with Gasteiger partial charge in [-0.2, -0.15) is 0 Å². The first-order chi connectivity index (χ1) is 8.02. The standard InChI is InChI=1S/C14H26N2S/c1-11(2)16(5)9-6-8-15-13(4)14-12(3)7-10-17-14/h7,10-11,13,15H,6,8-9H2,1-5H3. The molecular formula is C14H26N2S. The van der Waals surface area contributed by atoms with Crippen molar-refractivity contribution >= 4 is 11.3 Å². The van der Waals surface area contributed by atoms with Crippen LogP contribution in [-0.2, 0) is 0 Å². The Bertz CT molecular complexity index is 320. The van der Waals surface area contributed by atoms with Crippen LogP contribution in [0.2, 0.25) is 0 Å². The summed E-state index contributed by atoms with van der Waals surface area (Å²) in [6, 6.07) is 3.33. The summed E-state index contributed by atoms with van der Waals surface area (Å²) >= 11 is 1.85. The summed E-state index contributed by atoms with van der Waals surface area (Å²) in [7, 11) is 2.19. The fourth-order valence-corrected chi connectivity index (χ4v) is 2.79. The highest BCUT2D eigenvalue weighted by Gasteiger charge is 2.09. The molecule has 0 saturated carbocycles. The van der Waals surface area contributed by atoms with Crippen molar-refractivity contribution in [2.24, 2.45) is 0 Å². The van der Waals surface area contributed by atoms with E-state index in [9.17, 15) is 0 Å². The zero-order valence-electron chi connectivity index (χ0n) is 11.8. The Balaban J connectivity index is 2.21. The van der Waals surface area contributed by atoms with Crippen LogP contribution in [0.4, 0.5) is 0 Å². The molecular weight excluding hydrogens is 228 g/mol. The van der Waals surface area contributed by atoms with E-state index in [4.69, 9.17) is 0 Å². The molecule has 1 N–H and O–H groups in total. The Morgan fingerprint density at radius 3 is 2.59 bits per heavy atom. The molecule has 0 aliphatic heterocycles. The van der Waals surface area contributed by atoms with Gasteiger partial charge in [-0.3, -0.25) is 0 Å². The van der Waals surface area contributed by atoms with Crippen LogP contribution < -0.4 is 5.32 Å². The molecule has 0 aromatic carbocycles. The van der Waals surface area contributed by atoms with E-state index in [-0.39, 0.29) is 0 Å². The van der Waals surface area contributed by atoms with Gasteiger partial charge >= 0.3 is 0 Å². The Kier molecular flexibility index (Phi) is 6.17. The van der Waals surface area contributed by atoms with Crippen LogP contribution in [-0.4, -0.2) is 31.1 Å². The molecule has 1 atom stereocenters. The van der Waals surface area contributed by atoms with Gasteiger partial charge in [0.15, 0.2) is 0 Å². The lowest BCUT2D eigenvalue weighted by Gasteiger charge is -2.21. The minimum absolute atomic E-state index is 0.486. The lowest BCUT2D eigenvalue weighted by molar-refractivity contribution is 0.268. The molecule has 1 heterocycles. The third kappa shape index (κ3) is 4.78. The van der Waals surface area contributed by atoms with Gasteiger partial charge in [0.2, 0.25) is 0 Å². The van der Waals surface area contributed by atoms with Gasteiger partial charge in [0.05, 0.1) is 0 Å². The van der Waals surface area contributed by atoms with Gasteiger partial charge in [-0.25, -0.2) is 0 Å². The van der Waals surface area contributed by atoms with Crippen LogP contribution in [0.1, 0.15) is 43.7 Å². The number of nitrogens with one attached hydrogen (secondary N) is 1. The SMILES string of the molecule is Cc1ccsc1C(C)NCCCN(C)C(C)C. The normalized spacial score (nSPS) is 13.6. The zero-order valence-corrected chi connectivity index (χ0v) is 12.6. The summed E-state index contributed by atoms with van der Waals surface area (Å²) in [4.78, 5) is 3.87. The molecule has 0 bridgehead atoms. The second-order valence-corrected chi connectivity index (χ2v) is 6.02. The van der Waals surface area contributed by atoms with Gasteiger partial charge in [-0.05, 0) is 71.3 Å². The molecule has 0 saturated heterocycles. The molecule has 2 nitrogen and oxygen atoms in total. The van der Waals surface area contributed by atoms with Crippen LogP contribution in [0.15, 0.2) is 11.4 Å². The number of thiophene rings is 1. The summed E-state index contributed by atoms with van der Waals surface area (Å²) < 4.78 is 0. The van der Waals surface area contributed by atoms with Gasteiger partial charge in [-0.1, -0.05) is 0 Å². The number of rotatable bonds is 7. The monoisotopic (exact) mass is 254 g/mol. The molecule has 98 valence electrons. The van der Waals surface area contributed by atoms with Crippen LogP contribution in [0, 0.1) is 6.92 Å². The largest absolute Gasteiger partial charge is 0.309 e. The molecule has 1 aromatic heterocycles. The van der Waals surface area contributed by atoms with Crippen molar-refractivity contribution in [3.05, 3.63) is 21.9 Å². The fourth-order valence-electron chi connectivity index (χ4n) is 1.83. The highest BCUT2D eigenvalue weighted by Crippen LogP contribution is 2.23. The van der Waals surface area contributed by atoms with E-state index in [0.29, 0.717) is 12.1 Å². The van der Waals surface area contributed by atoms with E-state index in [0.717, 1.165) is 6.54 Å². The molecule has 0 fully saturated rings. The summed E-state index contributed by atoms with van der Waals surface area (Å²) in [5.41, 5.74) is 1.41. The average molecular weight is 254 g/mol. The lowest BCUT2D eigenvalue weighted by Crippen LogP contribution is -2.30. The van der Waals surface area contributed by atoms with Crippen LogP contribution in [0.5, 0.6) is 0 Å². The third-order valence-corrected chi connectivity index (χ3v) is 4.52. The second-order valence-electron chi connectivity index (χ2n) is 5.07. The number of aryl methyl sites for hydroxylation is 1. The van der Waals surface area contributed by atoms with Crippen molar-refractivity contribution in [1.82, 2.24) is 10.2 Å². The first-order valence-corrected chi connectivity index (χ1v) is 7.38. The van der Waals surface area contributed by atoms with Crippen molar-refractivity contribution in [1.29, 1.82) is 0 Å². The predicted molar refractivity (Wildman–Crippen MR) is 77.9 cm³/mol. The predicted octanol–water partition coefficient (Wildman–Crippen LogP) is 3.44. The van der Waals surface area contributed by atoms with E-state index in [1.165, 1.54) is 23.4 Å². The lowest BCUT2D eigenvalue weighted by atomic mass is 10.2. The van der Waals surface area contributed by atoms with E-state index < -0.39 is 0 Å². The third-order valence-electron chi connectivity index (χ3n) is 3.31. The Labute approximate surface area is 110 Å². The van der Waals surface area contributed by atoms with E-state index in [1.54, 1.807) is 0 Å². The summed E-state index contributed by atoms with van der Waals surface area (Å²) in [5.74, 6) is 0. The highest BCUT2D eigenvalue weighted by atomic mass is 32.1. The maximum Gasteiger partial charge on any atom is 0.0388 e. The quantitative estimate of drug-likeness (QED) is 0.750. The van der Waals surface area contributed by atoms with E-state index in [2.05, 4.69) is 56.4 Å². The van der Waals surface area contributed by atoms with Gasteiger partial charge in [0.25, 0.3) is 0 Å². The van der Waals surface area contributed by atoms with E-state index >= 15 is 0 Å². The van der Waals surface area contributed by atoms with Crippen LogP contribution in [0.3, 0.4) is 0 Å². The summed E-state index contributed by atoms with van der Waals surface area (Å²) in [6.45, 7) is 11.2. The number of hydrogen-bond acceptors (Lipinski definition) is 3. The molecule has 1 unspecified atom stereocenters. The number of nitrogens with zero attached hydrogens (tertiary/aromatic N) is 1. The maximum absolute atomic E-state index is 3.60. The van der Waals surface area contributed by atoms with Gasteiger partial charge in [0, 0.05) is 17.0 Å². The second kappa shape index (κ2) is 7.14. The molecule has 1 rings (SSSR count). The minimum Gasteiger partial charge on any atom is -0.309 e. The molecule has 3 heteroatoms. The molecule has 0 spiro atoms. The number of hydrogen-bond donors (Lipinski definition) is 1. The minimum atomic E-state index is 0.486. The van der Waals surface area contributed by atoms with Gasteiger partial charge < -0.3 is 10.2 Å². The van der Waals surface area contributed by atoms with Crippen LogP contribution >= 0.6 is 11.3 Å². The topological polar surface area (TPSA) is 15.3 Å². The highest BCUT2D eigenvalue weighted by molar-refractivity contribution is 7.10. The first-order valence-electron chi connectivity index (χ1n) is 6.50.